The summed E-state index contributed by atoms with van der Waals surface area (Å²) in [6.07, 6.45) is 7.52. The quantitative estimate of drug-likeness (QED) is 0.579. The van der Waals surface area contributed by atoms with E-state index in [1.807, 2.05) is 0 Å². The zero-order valence-corrected chi connectivity index (χ0v) is 7.57. The van der Waals surface area contributed by atoms with Crippen LogP contribution in [0.2, 0.25) is 0 Å². The first-order chi connectivity index (χ1) is 6.29. The summed E-state index contributed by atoms with van der Waals surface area (Å²) in [5, 5.41) is 9.08. The Balaban J connectivity index is 2.32. The van der Waals surface area contributed by atoms with Gasteiger partial charge in [-0.1, -0.05) is 6.08 Å². The van der Waals surface area contributed by atoms with Crippen molar-refractivity contribution in [2.75, 3.05) is 5.75 Å². The monoisotopic (exact) mass is 196 g/mol. The van der Waals surface area contributed by atoms with Crippen molar-refractivity contribution >= 4 is 17.7 Å². The predicted molar refractivity (Wildman–Crippen MR) is 49.5 cm³/mol. The average molecular weight is 196 g/mol. The first-order valence-electron chi connectivity index (χ1n) is 3.57. The van der Waals surface area contributed by atoms with Crippen LogP contribution in [0.3, 0.4) is 0 Å². The molecule has 0 atom stereocenters. The molecule has 0 aliphatic carbocycles. The molecule has 68 valence electrons. The molecule has 0 bridgehead atoms. The maximum atomic E-state index is 10.1. The second-order valence-corrected chi connectivity index (χ2v) is 3.14. The molecule has 0 fully saturated rings. The maximum Gasteiger partial charge on any atom is 0.328 e. The molecule has 4 nitrogen and oxygen atoms in total. The molecule has 0 aromatic carbocycles. The molecule has 1 heterocycles. The van der Waals surface area contributed by atoms with Gasteiger partial charge in [0.2, 0.25) is 0 Å². The molecule has 13 heavy (non-hydrogen) atoms. The molecule has 0 amide bonds. The van der Waals surface area contributed by atoms with Gasteiger partial charge in [-0.15, -0.1) is 11.8 Å². The van der Waals surface area contributed by atoms with E-state index in [1.165, 1.54) is 11.8 Å². The number of hydrogen-bond donors (Lipinski definition) is 1. The second-order valence-electron chi connectivity index (χ2n) is 2.10. The van der Waals surface area contributed by atoms with Gasteiger partial charge < -0.3 is 5.11 Å². The highest BCUT2D eigenvalue weighted by molar-refractivity contribution is 7.99. The van der Waals surface area contributed by atoms with Crippen LogP contribution in [0, 0.1) is 0 Å². The van der Waals surface area contributed by atoms with Gasteiger partial charge in [0.1, 0.15) is 5.03 Å². The van der Waals surface area contributed by atoms with Crippen molar-refractivity contribution in [2.45, 2.75) is 5.03 Å². The van der Waals surface area contributed by atoms with Crippen LogP contribution in [-0.2, 0) is 4.79 Å². The topological polar surface area (TPSA) is 63.1 Å². The minimum Gasteiger partial charge on any atom is -0.478 e. The van der Waals surface area contributed by atoms with Gasteiger partial charge in [0.25, 0.3) is 0 Å². The lowest BCUT2D eigenvalue weighted by atomic mass is 10.5. The van der Waals surface area contributed by atoms with Crippen LogP contribution in [0.25, 0.3) is 0 Å². The van der Waals surface area contributed by atoms with Gasteiger partial charge in [-0.25, -0.2) is 9.78 Å². The third-order valence-corrected chi connectivity index (χ3v) is 1.99. The summed E-state index contributed by atoms with van der Waals surface area (Å²) in [6, 6.07) is 0. The van der Waals surface area contributed by atoms with Crippen LogP contribution in [0.15, 0.2) is 35.8 Å². The summed E-state index contributed by atoms with van der Waals surface area (Å²) in [5.74, 6) is -0.343. The highest BCUT2D eigenvalue weighted by Gasteiger charge is 1.91. The van der Waals surface area contributed by atoms with Crippen LogP contribution < -0.4 is 0 Å². The van der Waals surface area contributed by atoms with E-state index in [-0.39, 0.29) is 0 Å². The summed E-state index contributed by atoms with van der Waals surface area (Å²) in [7, 11) is 0. The number of nitrogens with zero attached hydrogens (tertiary/aromatic N) is 2. The van der Waals surface area contributed by atoms with Crippen molar-refractivity contribution < 1.29 is 9.90 Å². The van der Waals surface area contributed by atoms with Crippen molar-refractivity contribution in [2.24, 2.45) is 0 Å². The Morgan fingerprint density at radius 3 is 3.08 bits per heavy atom. The number of rotatable bonds is 4. The molecule has 0 unspecified atom stereocenters. The molecule has 0 saturated carbocycles. The fourth-order valence-corrected chi connectivity index (χ4v) is 1.28. The van der Waals surface area contributed by atoms with E-state index in [1.54, 1.807) is 24.7 Å². The van der Waals surface area contributed by atoms with Crippen LogP contribution >= 0.6 is 11.8 Å². The Morgan fingerprint density at radius 2 is 2.46 bits per heavy atom. The maximum absolute atomic E-state index is 10.1. The summed E-state index contributed by atoms with van der Waals surface area (Å²) in [4.78, 5) is 18.0. The van der Waals surface area contributed by atoms with Crippen molar-refractivity contribution in [1.29, 1.82) is 0 Å². The lowest BCUT2D eigenvalue weighted by Gasteiger charge is -1.93. The molecule has 1 N–H and O–H groups in total. The number of aliphatic carboxylic acids is 1. The second kappa shape index (κ2) is 5.31. The van der Waals surface area contributed by atoms with Crippen LogP contribution in [-0.4, -0.2) is 26.8 Å². The molecule has 0 spiro atoms. The highest BCUT2D eigenvalue weighted by Crippen LogP contribution is 2.12. The Bertz CT molecular complexity index is 300. The molecule has 0 radical (unpaired) electrons. The van der Waals surface area contributed by atoms with Gasteiger partial charge in [0.15, 0.2) is 0 Å². The Morgan fingerprint density at radius 1 is 1.62 bits per heavy atom. The van der Waals surface area contributed by atoms with Crippen molar-refractivity contribution in [3.8, 4) is 0 Å². The van der Waals surface area contributed by atoms with Crippen molar-refractivity contribution in [3.05, 3.63) is 30.7 Å². The third-order valence-electron chi connectivity index (χ3n) is 1.13. The van der Waals surface area contributed by atoms with E-state index >= 15 is 0 Å². The first-order valence-corrected chi connectivity index (χ1v) is 4.56. The lowest BCUT2D eigenvalue weighted by Crippen LogP contribution is -1.87. The summed E-state index contributed by atoms with van der Waals surface area (Å²) in [6.45, 7) is 0. The number of carboxylic acids is 1. The molecular formula is C8H8N2O2S. The summed E-state index contributed by atoms with van der Waals surface area (Å²) >= 11 is 1.44. The molecule has 5 heteroatoms. The molecule has 1 aromatic rings. The molecule has 1 aromatic heterocycles. The van der Waals surface area contributed by atoms with Crippen molar-refractivity contribution in [1.82, 2.24) is 9.97 Å². The Hall–Kier alpha value is -1.36. The van der Waals surface area contributed by atoms with E-state index in [2.05, 4.69) is 9.97 Å². The summed E-state index contributed by atoms with van der Waals surface area (Å²) in [5.41, 5.74) is 0. The van der Waals surface area contributed by atoms with Gasteiger partial charge in [-0.3, -0.25) is 4.98 Å². The predicted octanol–water partition coefficient (Wildman–Crippen LogP) is 1.21. The largest absolute Gasteiger partial charge is 0.478 e. The van der Waals surface area contributed by atoms with Crippen LogP contribution in [0.1, 0.15) is 0 Å². The number of hydrogen-bond acceptors (Lipinski definition) is 4. The van der Waals surface area contributed by atoms with Gasteiger partial charge in [-0.05, 0) is 0 Å². The van der Waals surface area contributed by atoms with E-state index in [0.717, 1.165) is 11.1 Å². The SMILES string of the molecule is O=C(O)C=CCSc1cnccn1. The van der Waals surface area contributed by atoms with E-state index in [0.29, 0.717) is 5.75 Å². The summed E-state index contributed by atoms with van der Waals surface area (Å²) < 4.78 is 0. The normalized spacial score (nSPS) is 10.5. The van der Waals surface area contributed by atoms with Crippen LogP contribution in [0.5, 0.6) is 0 Å². The van der Waals surface area contributed by atoms with Gasteiger partial charge in [-0.2, -0.15) is 0 Å². The minimum absolute atomic E-state index is 0.588. The molecule has 0 saturated heterocycles. The molecule has 0 aliphatic heterocycles. The number of carboxylic acid groups (broad SMARTS) is 1. The van der Waals surface area contributed by atoms with E-state index < -0.39 is 5.97 Å². The molecular weight excluding hydrogens is 188 g/mol. The number of carbonyl (C=O) groups is 1. The minimum atomic E-state index is -0.931. The molecule has 0 aliphatic rings. The Labute approximate surface area is 79.7 Å². The van der Waals surface area contributed by atoms with Gasteiger partial charge in [0.05, 0.1) is 6.20 Å². The fourth-order valence-electron chi connectivity index (χ4n) is 0.642. The zero-order chi connectivity index (χ0) is 9.52. The van der Waals surface area contributed by atoms with Crippen LogP contribution in [0.4, 0.5) is 0 Å². The highest BCUT2D eigenvalue weighted by atomic mass is 32.2. The standard InChI is InChI=1S/C8H8N2O2S/c11-8(12)2-1-5-13-7-6-9-3-4-10-7/h1-4,6H,5H2,(H,11,12). The lowest BCUT2D eigenvalue weighted by molar-refractivity contribution is -0.131. The number of thioether (sulfide) groups is 1. The van der Waals surface area contributed by atoms with Crippen molar-refractivity contribution in [3.63, 3.8) is 0 Å². The Kier molecular flexibility index (Phi) is 3.98. The van der Waals surface area contributed by atoms with Gasteiger partial charge in [0, 0.05) is 24.2 Å². The smallest absolute Gasteiger partial charge is 0.328 e. The fraction of sp³-hybridized carbons (Fsp3) is 0.125. The van der Waals surface area contributed by atoms with Gasteiger partial charge >= 0.3 is 5.97 Å². The first kappa shape index (κ1) is 9.73. The zero-order valence-electron chi connectivity index (χ0n) is 6.75. The molecule has 1 rings (SSSR count). The van der Waals surface area contributed by atoms with E-state index in [9.17, 15) is 4.79 Å². The van der Waals surface area contributed by atoms with E-state index in [4.69, 9.17) is 5.11 Å². The number of aromatic nitrogens is 2. The average Bonchev–Trinajstić information content (AvgIpc) is 2.14. The third kappa shape index (κ3) is 4.27.